The van der Waals surface area contributed by atoms with Crippen molar-refractivity contribution in [1.29, 1.82) is 0 Å². The molecule has 0 aromatic carbocycles. The minimum Gasteiger partial charge on any atom is -2.00 e. The van der Waals surface area contributed by atoms with E-state index in [0.29, 0.717) is 0 Å². The molecular formula is C16H34S2Sn. The molecular weight excluding hydrogens is 375 g/mol. The van der Waals surface area contributed by atoms with Crippen LogP contribution < -0.4 is 0 Å². The summed E-state index contributed by atoms with van der Waals surface area (Å²) >= 11 is 6.59. The van der Waals surface area contributed by atoms with E-state index in [1.807, 2.05) is 0 Å². The topological polar surface area (TPSA) is 0 Å². The summed E-state index contributed by atoms with van der Waals surface area (Å²) in [5, 5.41) is 0. The fourth-order valence-electron chi connectivity index (χ4n) is 1.77. The quantitative estimate of drug-likeness (QED) is 0.222. The van der Waals surface area contributed by atoms with Gasteiger partial charge in [-0.15, -0.1) is 0 Å². The molecule has 0 heterocycles. The van der Waals surface area contributed by atoms with Crippen LogP contribution in [0.4, 0.5) is 0 Å². The number of hydrogen-bond donors (Lipinski definition) is 0. The van der Waals surface area contributed by atoms with Gasteiger partial charge in [-0.25, -0.2) is 0 Å². The zero-order valence-corrected chi connectivity index (χ0v) is 17.7. The number of rotatable bonds is 12. The third-order valence-electron chi connectivity index (χ3n) is 3.03. The monoisotopic (exact) mass is 410 g/mol. The van der Waals surface area contributed by atoms with Crippen LogP contribution in [-0.2, 0) is 26.1 Å². The molecule has 0 spiro atoms. The Hall–Kier alpha value is 1.50. The fraction of sp³-hybridized carbons (Fsp3) is 1.00. The van der Waals surface area contributed by atoms with Crippen molar-refractivity contribution in [2.24, 2.45) is 0 Å². The molecule has 0 fully saturated rings. The summed E-state index contributed by atoms with van der Waals surface area (Å²) in [6, 6.07) is 0. The van der Waals surface area contributed by atoms with Gasteiger partial charge in [-0.2, -0.15) is 5.75 Å². The first kappa shape index (κ1) is 25.5. The Morgan fingerprint density at radius 3 is 1.26 bits per heavy atom. The van der Waals surface area contributed by atoms with Crippen LogP contribution in [-0.4, -0.2) is 28.3 Å². The molecule has 0 aromatic rings. The average molecular weight is 409 g/mol. The van der Waals surface area contributed by atoms with E-state index in [0.717, 1.165) is 5.75 Å². The van der Waals surface area contributed by atoms with Gasteiger partial charge in [0.25, 0.3) is 0 Å². The minimum atomic E-state index is 0. The largest absolute Gasteiger partial charge is 2.00 e. The smallest absolute Gasteiger partial charge is 2.00 e. The second-order valence-electron chi connectivity index (χ2n) is 4.99. The zero-order valence-electron chi connectivity index (χ0n) is 13.2. The van der Waals surface area contributed by atoms with Crippen LogP contribution >= 0.6 is 0 Å². The molecule has 0 saturated heterocycles. The van der Waals surface area contributed by atoms with Gasteiger partial charge in [0, 0.05) is 0 Å². The Kier molecular flexibility index (Phi) is 37.2. The summed E-state index contributed by atoms with van der Waals surface area (Å²) in [6.45, 7) is 4.50. The molecule has 0 aliphatic carbocycles. The van der Waals surface area contributed by atoms with Crippen LogP contribution in [0.15, 0.2) is 0 Å². The first-order valence-corrected chi connectivity index (χ1v) is 10.7. The minimum absolute atomic E-state index is 0. The number of hydrogen-bond acceptors (Lipinski definition) is 1. The van der Waals surface area contributed by atoms with Crippen molar-refractivity contribution in [3.63, 3.8) is 0 Å². The van der Waals surface area contributed by atoms with E-state index >= 15 is 0 Å². The average Bonchev–Trinajstić information content (AvgIpc) is 2.39. The summed E-state index contributed by atoms with van der Waals surface area (Å²) in [5.41, 5.74) is 0. The summed E-state index contributed by atoms with van der Waals surface area (Å²) < 4.78 is 1.43. The molecule has 0 amide bonds. The van der Waals surface area contributed by atoms with Crippen LogP contribution in [0, 0.1) is 0 Å². The SMILES string of the molecule is CCCCCCCCCCCC[S-].CCC[CH2][Sn+3].[S-2]. The molecule has 0 aromatic heterocycles. The molecule has 0 bridgehead atoms. The zero-order chi connectivity index (χ0) is 13.9. The Morgan fingerprint density at radius 1 is 0.632 bits per heavy atom. The van der Waals surface area contributed by atoms with Crippen LogP contribution in [0.3, 0.4) is 0 Å². The van der Waals surface area contributed by atoms with Gasteiger partial charge in [0.1, 0.15) is 0 Å². The van der Waals surface area contributed by atoms with Crippen molar-refractivity contribution < 1.29 is 0 Å². The van der Waals surface area contributed by atoms with Gasteiger partial charge in [0.05, 0.1) is 0 Å². The molecule has 0 unspecified atom stereocenters. The molecule has 0 nitrogen and oxygen atoms in total. The van der Waals surface area contributed by atoms with Crippen LogP contribution in [0.2, 0.25) is 4.44 Å². The van der Waals surface area contributed by atoms with E-state index in [1.54, 1.807) is 22.5 Å². The Balaban J connectivity index is -0.000000366. The Labute approximate surface area is 149 Å². The summed E-state index contributed by atoms with van der Waals surface area (Å²) in [7, 11) is 0. The van der Waals surface area contributed by atoms with Crippen molar-refractivity contribution in [1.82, 2.24) is 0 Å². The molecule has 0 aliphatic heterocycles. The van der Waals surface area contributed by atoms with Gasteiger partial charge in [-0.05, 0) is 0 Å². The van der Waals surface area contributed by atoms with E-state index in [4.69, 9.17) is 12.6 Å². The summed E-state index contributed by atoms with van der Waals surface area (Å²) in [5.74, 6) is 0.955. The Morgan fingerprint density at radius 2 is 1.00 bits per heavy atom. The first-order chi connectivity index (χ1) is 8.83. The normalized spacial score (nSPS) is 9.53. The van der Waals surface area contributed by atoms with Gasteiger partial charge < -0.3 is 26.1 Å². The van der Waals surface area contributed by atoms with Crippen molar-refractivity contribution in [3.05, 3.63) is 0 Å². The summed E-state index contributed by atoms with van der Waals surface area (Å²) in [4.78, 5) is 0. The van der Waals surface area contributed by atoms with E-state index < -0.39 is 0 Å². The van der Waals surface area contributed by atoms with Crippen molar-refractivity contribution in [3.8, 4) is 0 Å². The maximum absolute atomic E-state index is 4.90. The molecule has 0 N–H and O–H groups in total. The van der Waals surface area contributed by atoms with Gasteiger partial charge in [0.15, 0.2) is 0 Å². The molecule has 114 valence electrons. The molecule has 0 aliphatic rings. The second kappa shape index (κ2) is 27.8. The molecule has 0 radical (unpaired) electrons. The molecule has 0 saturated carbocycles. The van der Waals surface area contributed by atoms with E-state index in [9.17, 15) is 0 Å². The number of unbranched alkanes of at least 4 members (excludes halogenated alkanes) is 10. The van der Waals surface area contributed by atoms with Crippen molar-refractivity contribution in [2.45, 2.75) is 95.3 Å². The first-order valence-electron chi connectivity index (χ1n) is 8.06. The summed E-state index contributed by atoms with van der Waals surface area (Å²) in [6.07, 6.45) is 16.8. The second-order valence-corrected chi connectivity index (χ2v) is 6.82. The van der Waals surface area contributed by atoms with Gasteiger partial charge in [0.2, 0.25) is 0 Å². The van der Waals surface area contributed by atoms with Gasteiger partial charge in [-0.1, -0.05) is 71.1 Å². The third-order valence-corrected chi connectivity index (χ3v) is 4.33. The predicted octanol–water partition coefficient (Wildman–Crippen LogP) is 5.83. The van der Waals surface area contributed by atoms with Crippen molar-refractivity contribution in [2.75, 3.05) is 5.75 Å². The standard InChI is InChI=1S/C12H26S.C4H9.S.Sn/c1-2-3-4-5-6-7-8-9-10-11-12-13;1-3-4-2;;/h13H,2-12H2,1H3;1,3-4H2,2H3;;/q;;-2;+3/p-1. The van der Waals surface area contributed by atoms with Gasteiger partial charge in [-0.3, -0.25) is 0 Å². The van der Waals surface area contributed by atoms with Crippen molar-refractivity contribution >= 4 is 48.6 Å². The van der Waals surface area contributed by atoms with E-state index in [-0.39, 0.29) is 13.5 Å². The van der Waals surface area contributed by atoms with E-state index in [1.165, 1.54) is 81.5 Å². The van der Waals surface area contributed by atoms with Crippen LogP contribution in [0.5, 0.6) is 0 Å². The molecule has 0 rings (SSSR count). The predicted molar refractivity (Wildman–Crippen MR) is 96.9 cm³/mol. The van der Waals surface area contributed by atoms with E-state index in [2.05, 4.69) is 13.8 Å². The molecule has 3 heteroatoms. The van der Waals surface area contributed by atoms with Crippen LogP contribution in [0.1, 0.15) is 90.9 Å². The fourth-order valence-corrected chi connectivity index (χ4v) is 2.98. The maximum Gasteiger partial charge on any atom is -2.00 e. The van der Waals surface area contributed by atoms with Gasteiger partial charge >= 0.3 is 46.7 Å². The molecule has 0 atom stereocenters. The Bertz CT molecular complexity index is 109. The van der Waals surface area contributed by atoms with Crippen LogP contribution in [0.25, 0.3) is 0 Å². The maximum atomic E-state index is 4.90. The molecule has 19 heavy (non-hydrogen) atoms. The third kappa shape index (κ3) is 32.8.